The number of hydrogen-bond donors (Lipinski definition) is 1. The summed E-state index contributed by atoms with van der Waals surface area (Å²) < 4.78 is 11.1. The third kappa shape index (κ3) is 4.21. The number of dihydropyridines is 1. The average Bonchev–Trinajstić information content (AvgIpc) is 3.20. The molecule has 1 N–H and O–H groups in total. The Bertz CT molecular complexity index is 1130. The molecule has 5 nitrogen and oxygen atoms in total. The van der Waals surface area contributed by atoms with Crippen molar-refractivity contribution in [3.05, 3.63) is 73.2 Å². The van der Waals surface area contributed by atoms with Crippen LogP contribution in [0.5, 0.6) is 5.75 Å². The van der Waals surface area contributed by atoms with E-state index in [1.165, 1.54) is 7.11 Å². The first-order valence-corrected chi connectivity index (χ1v) is 11.9. The lowest BCUT2D eigenvalue weighted by Crippen LogP contribution is -2.33. The van der Waals surface area contributed by atoms with Gasteiger partial charge >= 0.3 is 5.97 Å². The van der Waals surface area contributed by atoms with E-state index >= 15 is 0 Å². The lowest BCUT2D eigenvalue weighted by atomic mass is 9.78. The number of carbonyl (C=O) groups is 2. The van der Waals surface area contributed by atoms with Crippen molar-refractivity contribution in [1.82, 2.24) is 5.32 Å². The Kier molecular flexibility index (Phi) is 6.72. The van der Waals surface area contributed by atoms with Crippen molar-refractivity contribution < 1.29 is 19.1 Å². The topological polar surface area (TPSA) is 64.6 Å². The highest BCUT2D eigenvalue weighted by molar-refractivity contribution is 7.12. The third-order valence-electron chi connectivity index (χ3n) is 5.92. The predicted molar refractivity (Wildman–Crippen MR) is 126 cm³/mol. The average molecular weight is 472 g/mol. The van der Waals surface area contributed by atoms with Gasteiger partial charge in [0.25, 0.3) is 0 Å². The zero-order valence-corrected chi connectivity index (χ0v) is 20.0. The number of ether oxygens (including phenoxy) is 2. The van der Waals surface area contributed by atoms with Gasteiger partial charge in [-0.2, -0.15) is 0 Å². The summed E-state index contributed by atoms with van der Waals surface area (Å²) in [6.07, 6.45) is 2.95. The quantitative estimate of drug-likeness (QED) is 0.549. The van der Waals surface area contributed by atoms with Crippen LogP contribution < -0.4 is 10.1 Å². The molecule has 1 aliphatic heterocycles. The van der Waals surface area contributed by atoms with Crippen molar-refractivity contribution in [3.63, 3.8) is 0 Å². The van der Waals surface area contributed by atoms with E-state index in [-0.39, 0.29) is 5.78 Å². The minimum absolute atomic E-state index is 0.0953. The zero-order chi connectivity index (χ0) is 22.8. The maximum atomic E-state index is 13.0. The Balaban J connectivity index is 1.74. The van der Waals surface area contributed by atoms with Crippen LogP contribution >= 0.6 is 22.9 Å². The number of thiophene rings is 1. The van der Waals surface area contributed by atoms with E-state index in [1.807, 2.05) is 25.1 Å². The summed E-state index contributed by atoms with van der Waals surface area (Å²) in [5.41, 5.74) is 3.92. The molecule has 2 heterocycles. The summed E-state index contributed by atoms with van der Waals surface area (Å²) in [7, 11) is 1.38. The first-order chi connectivity index (χ1) is 15.4. The summed E-state index contributed by atoms with van der Waals surface area (Å²) in [5.74, 6) is -0.108. The number of nitrogens with one attached hydrogen (secondary N) is 1. The number of benzene rings is 1. The number of Topliss-reactive ketones (excluding diaryl/α,β-unsaturated/α-hetero) is 1. The van der Waals surface area contributed by atoms with Gasteiger partial charge in [-0.15, -0.1) is 11.3 Å². The van der Waals surface area contributed by atoms with Gasteiger partial charge in [0.2, 0.25) is 0 Å². The molecule has 1 aliphatic carbocycles. The molecule has 4 rings (SSSR count). The van der Waals surface area contributed by atoms with Crippen molar-refractivity contribution in [2.75, 3.05) is 7.11 Å². The number of esters is 1. The second kappa shape index (κ2) is 9.51. The summed E-state index contributed by atoms with van der Waals surface area (Å²) >= 11 is 7.87. The van der Waals surface area contributed by atoms with E-state index in [0.29, 0.717) is 34.9 Å². The molecule has 0 unspecified atom stereocenters. The second-order valence-corrected chi connectivity index (χ2v) is 9.50. The molecule has 7 heteroatoms. The molecule has 0 amide bonds. The number of ketones is 1. The van der Waals surface area contributed by atoms with E-state index < -0.39 is 11.9 Å². The molecule has 0 fully saturated rings. The monoisotopic (exact) mass is 471 g/mol. The van der Waals surface area contributed by atoms with Crippen LogP contribution in [-0.2, 0) is 27.4 Å². The smallest absolute Gasteiger partial charge is 0.336 e. The standard InChI is InChI=1S/C25H26ClNO4S/c1-4-20-15(13-31-19-11-6-5-8-16(19)26)12-21(32-20)24-22(25(29)30-3)14(2)27-17-9-7-10-18(28)23(17)24/h5-6,8,11-12,24,27H,4,7,9-10,13H2,1-3H3/t24-/m1/s1. The number of carbonyl (C=O) groups excluding carboxylic acids is 2. The third-order valence-corrected chi connectivity index (χ3v) is 7.62. The maximum absolute atomic E-state index is 13.0. The fourth-order valence-corrected chi connectivity index (χ4v) is 5.84. The van der Waals surface area contributed by atoms with Crippen molar-refractivity contribution in [1.29, 1.82) is 0 Å². The largest absolute Gasteiger partial charge is 0.487 e. The van der Waals surface area contributed by atoms with Gasteiger partial charge in [0, 0.05) is 38.7 Å². The summed E-state index contributed by atoms with van der Waals surface area (Å²) in [6.45, 7) is 4.33. The lowest BCUT2D eigenvalue weighted by Gasteiger charge is -2.33. The van der Waals surface area contributed by atoms with Crippen molar-refractivity contribution in [2.45, 2.75) is 52.1 Å². The molecule has 2 aliphatic rings. The predicted octanol–water partition coefficient (Wildman–Crippen LogP) is 5.68. The van der Waals surface area contributed by atoms with Crippen LogP contribution in [0.15, 0.2) is 52.9 Å². The van der Waals surface area contributed by atoms with Crippen LogP contribution in [0.2, 0.25) is 5.02 Å². The van der Waals surface area contributed by atoms with E-state index in [4.69, 9.17) is 21.1 Å². The summed E-state index contributed by atoms with van der Waals surface area (Å²) in [4.78, 5) is 27.9. The summed E-state index contributed by atoms with van der Waals surface area (Å²) in [5, 5.41) is 3.87. The molecule has 0 saturated carbocycles. The van der Waals surface area contributed by atoms with Gasteiger partial charge in [-0.25, -0.2) is 4.79 Å². The van der Waals surface area contributed by atoms with Crippen molar-refractivity contribution >= 4 is 34.7 Å². The molecule has 168 valence electrons. The van der Waals surface area contributed by atoms with Gasteiger partial charge in [0.15, 0.2) is 5.78 Å². The molecule has 0 radical (unpaired) electrons. The fraction of sp³-hybridized carbons (Fsp3) is 0.360. The molecule has 0 saturated heterocycles. The molecule has 1 atom stereocenters. The molecule has 1 aromatic carbocycles. The van der Waals surface area contributed by atoms with Crippen LogP contribution in [0.1, 0.15) is 54.3 Å². The van der Waals surface area contributed by atoms with Crippen molar-refractivity contribution in [3.8, 4) is 5.75 Å². The highest BCUT2D eigenvalue weighted by atomic mass is 35.5. The molecule has 2 aromatic rings. The maximum Gasteiger partial charge on any atom is 0.336 e. The highest BCUT2D eigenvalue weighted by Crippen LogP contribution is 2.45. The normalized spacial score (nSPS) is 18.4. The van der Waals surface area contributed by atoms with Gasteiger partial charge in [0.05, 0.1) is 23.6 Å². The molecule has 32 heavy (non-hydrogen) atoms. The minimum Gasteiger partial charge on any atom is -0.487 e. The second-order valence-electron chi connectivity index (χ2n) is 7.93. The van der Waals surface area contributed by atoms with Gasteiger partial charge < -0.3 is 14.8 Å². The number of hydrogen-bond acceptors (Lipinski definition) is 6. The van der Waals surface area contributed by atoms with E-state index in [2.05, 4.69) is 18.3 Å². The van der Waals surface area contributed by atoms with Crippen LogP contribution in [0.3, 0.4) is 0 Å². The molecular weight excluding hydrogens is 446 g/mol. The van der Waals surface area contributed by atoms with Crippen LogP contribution in [-0.4, -0.2) is 18.9 Å². The first kappa shape index (κ1) is 22.6. The minimum atomic E-state index is -0.420. The molecule has 1 aromatic heterocycles. The number of aryl methyl sites for hydroxylation is 1. The number of halogens is 1. The summed E-state index contributed by atoms with van der Waals surface area (Å²) in [6, 6.07) is 9.45. The Hall–Kier alpha value is -2.57. The Morgan fingerprint density at radius 2 is 2.06 bits per heavy atom. The SMILES string of the molecule is CCc1sc([C@@H]2C(C(=O)OC)=C(C)NC3=C2C(=O)CCC3)cc1COc1ccccc1Cl. The van der Waals surface area contributed by atoms with Gasteiger partial charge in [0.1, 0.15) is 12.4 Å². The molecule has 0 bridgehead atoms. The van der Waals surface area contributed by atoms with Gasteiger partial charge in [-0.3, -0.25) is 4.79 Å². The number of allylic oxidation sites excluding steroid dienone is 3. The number of methoxy groups -OCH3 is 1. The van der Waals surface area contributed by atoms with Crippen molar-refractivity contribution in [2.24, 2.45) is 0 Å². The lowest BCUT2D eigenvalue weighted by molar-refractivity contribution is -0.136. The van der Waals surface area contributed by atoms with Gasteiger partial charge in [-0.1, -0.05) is 30.7 Å². The fourth-order valence-electron chi connectivity index (χ4n) is 4.42. The van der Waals surface area contributed by atoms with Gasteiger partial charge in [-0.05, 0) is 44.4 Å². The molecular formula is C25H26ClNO4S. The molecule has 0 spiro atoms. The van der Waals surface area contributed by atoms with E-state index in [0.717, 1.165) is 46.0 Å². The van der Waals surface area contributed by atoms with E-state index in [1.54, 1.807) is 17.4 Å². The van der Waals surface area contributed by atoms with Crippen LogP contribution in [0.4, 0.5) is 0 Å². The first-order valence-electron chi connectivity index (χ1n) is 10.8. The Morgan fingerprint density at radius 1 is 1.28 bits per heavy atom. The van der Waals surface area contributed by atoms with Crippen LogP contribution in [0.25, 0.3) is 0 Å². The zero-order valence-electron chi connectivity index (χ0n) is 18.4. The number of para-hydroxylation sites is 1. The number of rotatable bonds is 6. The Labute approximate surface area is 197 Å². The van der Waals surface area contributed by atoms with E-state index in [9.17, 15) is 9.59 Å². The van der Waals surface area contributed by atoms with Crippen LogP contribution in [0, 0.1) is 0 Å². The highest BCUT2D eigenvalue weighted by Gasteiger charge is 2.40. The Morgan fingerprint density at radius 3 is 2.78 bits per heavy atom.